The molecule has 0 spiro atoms. The maximum atomic E-state index is 5.46. The van der Waals surface area contributed by atoms with Crippen molar-refractivity contribution in [1.82, 2.24) is 20.1 Å². The Labute approximate surface area is 85.2 Å². The van der Waals surface area contributed by atoms with Crippen molar-refractivity contribution in [1.29, 1.82) is 0 Å². The van der Waals surface area contributed by atoms with Crippen LogP contribution in [-0.4, -0.2) is 20.1 Å². The van der Waals surface area contributed by atoms with Gasteiger partial charge in [0.15, 0.2) is 0 Å². The van der Waals surface area contributed by atoms with E-state index in [1.165, 1.54) is 4.85 Å². The standard InChI is InChI=1S/C10H8N4O/c1-2-5-9-8(4-1)12-13-14(9)15-10-6-3-7-11-10/h1-7,11H. The molecule has 0 saturated carbocycles. The van der Waals surface area contributed by atoms with Gasteiger partial charge in [0.1, 0.15) is 11.0 Å². The number of rotatable bonds is 2. The summed E-state index contributed by atoms with van der Waals surface area (Å²) in [4.78, 5) is 9.78. The molecule has 2 aromatic heterocycles. The van der Waals surface area contributed by atoms with E-state index in [2.05, 4.69) is 15.3 Å². The van der Waals surface area contributed by atoms with Crippen molar-refractivity contribution < 1.29 is 4.84 Å². The van der Waals surface area contributed by atoms with E-state index < -0.39 is 0 Å². The van der Waals surface area contributed by atoms with Crippen LogP contribution in [0.15, 0.2) is 42.6 Å². The highest BCUT2D eigenvalue weighted by Gasteiger charge is 2.04. The van der Waals surface area contributed by atoms with Gasteiger partial charge in [-0.1, -0.05) is 17.0 Å². The average molecular weight is 200 g/mol. The molecule has 74 valence electrons. The third-order valence-electron chi connectivity index (χ3n) is 2.08. The maximum absolute atomic E-state index is 5.46. The third kappa shape index (κ3) is 1.34. The van der Waals surface area contributed by atoms with Gasteiger partial charge >= 0.3 is 0 Å². The first-order valence-electron chi connectivity index (χ1n) is 4.56. The quantitative estimate of drug-likeness (QED) is 0.683. The SMILES string of the molecule is c1c[nH]c(On2nnc3ccccc32)c1. The Morgan fingerprint density at radius 2 is 2.07 bits per heavy atom. The molecule has 2 heterocycles. The lowest BCUT2D eigenvalue weighted by Crippen LogP contribution is -2.06. The van der Waals surface area contributed by atoms with E-state index in [1.54, 1.807) is 6.20 Å². The number of hydrogen-bond acceptors (Lipinski definition) is 3. The molecule has 0 saturated heterocycles. The van der Waals surface area contributed by atoms with E-state index in [-0.39, 0.29) is 0 Å². The van der Waals surface area contributed by atoms with E-state index in [0.717, 1.165) is 11.0 Å². The lowest BCUT2D eigenvalue weighted by molar-refractivity contribution is 0.177. The van der Waals surface area contributed by atoms with Gasteiger partial charge < -0.3 is 9.82 Å². The first-order chi connectivity index (χ1) is 7.43. The summed E-state index contributed by atoms with van der Waals surface area (Å²) < 4.78 is 0. The molecule has 1 N–H and O–H groups in total. The summed E-state index contributed by atoms with van der Waals surface area (Å²) in [6.07, 6.45) is 1.79. The summed E-state index contributed by atoms with van der Waals surface area (Å²) in [5.41, 5.74) is 1.65. The molecule has 0 unspecified atom stereocenters. The number of aromatic nitrogens is 4. The molecule has 0 atom stereocenters. The highest BCUT2D eigenvalue weighted by molar-refractivity contribution is 5.73. The molecule has 0 amide bonds. The first kappa shape index (κ1) is 8.05. The monoisotopic (exact) mass is 200 g/mol. The van der Waals surface area contributed by atoms with Gasteiger partial charge in [-0.3, -0.25) is 0 Å². The third-order valence-corrected chi connectivity index (χ3v) is 2.08. The topological polar surface area (TPSA) is 55.7 Å². The Hall–Kier alpha value is -2.30. The first-order valence-corrected chi connectivity index (χ1v) is 4.56. The molecule has 0 fully saturated rings. The van der Waals surface area contributed by atoms with E-state index in [4.69, 9.17) is 4.84 Å². The molecule has 3 aromatic rings. The number of nitrogens with one attached hydrogen (secondary N) is 1. The minimum atomic E-state index is 0.630. The molecule has 5 nitrogen and oxygen atoms in total. The van der Waals surface area contributed by atoms with E-state index in [9.17, 15) is 0 Å². The molecular formula is C10H8N4O. The normalized spacial score (nSPS) is 10.7. The second kappa shape index (κ2) is 3.13. The Morgan fingerprint density at radius 3 is 2.93 bits per heavy atom. The van der Waals surface area contributed by atoms with Gasteiger partial charge in [-0.15, -0.1) is 5.10 Å². The van der Waals surface area contributed by atoms with Gasteiger partial charge in [-0.2, -0.15) is 0 Å². The summed E-state index contributed by atoms with van der Waals surface area (Å²) >= 11 is 0. The summed E-state index contributed by atoms with van der Waals surface area (Å²) in [5, 5.41) is 7.87. The Kier molecular flexibility index (Phi) is 1.68. The van der Waals surface area contributed by atoms with Crippen LogP contribution in [0.3, 0.4) is 0 Å². The van der Waals surface area contributed by atoms with Gasteiger partial charge in [-0.05, 0) is 23.4 Å². The van der Waals surface area contributed by atoms with Gasteiger partial charge in [0.2, 0.25) is 5.88 Å². The molecule has 0 aliphatic rings. The molecule has 15 heavy (non-hydrogen) atoms. The molecule has 1 aromatic carbocycles. The number of benzene rings is 1. The molecule has 0 bridgehead atoms. The van der Waals surface area contributed by atoms with Crippen molar-refractivity contribution >= 4 is 11.0 Å². The number of fused-ring (bicyclic) bond motifs is 1. The van der Waals surface area contributed by atoms with Crippen LogP contribution in [0.5, 0.6) is 5.88 Å². The minimum Gasteiger partial charge on any atom is -0.338 e. The zero-order chi connectivity index (χ0) is 10.1. The summed E-state index contributed by atoms with van der Waals surface area (Å²) in [6, 6.07) is 11.3. The van der Waals surface area contributed by atoms with Crippen molar-refractivity contribution in [3.05, 3.63) is 42.6 Å². The van der Waals surface area contributed by atoms with E-state index in [1.807, 2.05) is 36.4 Å². The summed E-state index contributed by atoms with van der Waals surface area (Å²) in [7, 11) is 0. The predicted molar refractivity (Wildman–Crippen MR) is 54.3 cm³/mol. The van der Waals surface area contributed by atoms with Gasteiger partial charge in [-0.25, -0.2) is 0 Å². The zero-order valence-electron chi connectivity index (χ0n) is 7.79. The molecule has 0 aliphatic carbocycles. The number of hydrogen-bond donors (Lipinski definition) is 1. The predicted octanol–water partition coefficient (Wildman–Crippen LogP) is 1.60. The summed E-state index contributed by atoms with van der Waals surface area (Å²) in [5.74, 6) is 0.630. The van der Waals surface area contributed by atoms with Crippen molar-refractivity contribution in [2.24, 2.45) is 0 Å². The van der Waals surface area contributed by atoms with Gasteiger partial charge in [0.05, 0.1) is 0 Å². The Morgan fingerprint density at radius 1 is 1.13 bits per heavy atom. The molecule has 3 rings (SSSR count). The number of H-pyrrole nitrogens is 1. The van der Waals surface area contributed by atoms with Gasteiger partial charge in [0.25, 0.3) is 0 Å². The Bertz CT molecular complexity index is 570. The largest absolute Gasteiger partial charge is 0.338 e. The van der Waals surface area contributed by atoms with Crippen LogP contribution in [0.4, 0.5) is 0 Å². The second-order valence-corrected chi connectivity index (χ2v) is 3.08. The summed E-state index contributed by atoms with van der Waals surface area (Å²) in [6.45, 7) is 0. The smallest absolute Gasteiger partial charge is 0.226 e. The molecule has 0 radical (unpaired) electrons. The number of aromatic amines is 1. The Balaban J connectivity index is 2.05. The minimum absolute atomic E-state index is 0.630. The fraction of sp³-hybridized carbons (Fsp3) is 0. The maximum Gasteiger partial charge on any atom is 0.226 e. The van der Waals surface area contributed by atoms with Crippen LogP contribution in [0.2, 0.25) is 0 Å². The highest BCUT2D eigenvalue weighted by Crippen LogP contribution is 2.12. The van der Waals surface area contributed by atoms with Crippen LogP contribution in [-0.2, 0) is 0 Å². The number of para-hydroxylation sites is 1. The average Bonchev–Trinajstić information content (AvgIpc) is 2.89. The fourth-order valence-corrected chi connectivity index (χ4v) is 1.38. The lowest BCUT2D eigenvalue weighted by Gasteiger charge is -2.00. The van der Waals surface area contributed by atoms with E-state index >= 15 is 0 Å². The molecular weight excluding hydrogens is 192 g/mol. The van der Waals surface area contributed by atoms with E-state index in [0.29, 0.717) is 5.88 Å². The van der Waals surface area contributed by atoms with Crippen LogP contribution < -0.4 is 4.84 Å². The second-order valence-electron chi connectivity index (χ2n) is 3.08. The lowest BCUT2D eigenvalue weighted by atomic mass is 10.3. The van der Waals surface area contributed by atoms with Gasteiger partial charge in [0, 0.05) is 12.3 Å². The van der Waals surface area contributed by atoms with Crippen LogP contribution in [0.1, 0.15) is 0 Å². The van der Waals surface area contributed by atoms with Crippen molar-refractivity contribution in [2.45, 2.75) is 0 Å². The van der Waals surface area contributed by atoms with Crippen molar-refractivity contribution in [3.63, 3.8) is 0 Å². The van der Waals surface area contributed by atoms with Crippen molar-refractivity contribution in [2.75, 3.05) is 0 Å². The van der Waals surface area contributed by atoms with Crippen LogP contribution in [0.25, 0.3) is 11.0 Å². The number of nitrogens with zero attached hydrogens (tertiary/aromatic N) is 3. The molecule has 5 heteroatoms. The van der Waals surface area contributed by atoms with Crippen LogP contribution in [0, 0.1) is 0 Å². The zero-order valence-corrected chi connectivity index (χ0v) is 7.79. The fourth-order valence-electron chi connectivity index (χ4n) is 1.38. The van der Waals surface area contributed by atoms with Crippen molar-refractivity contribution in [3.8, 4) is 5.88 Å². The van der Waals surface area contributed by atoms with Crippen LogP contribution >= 0.6 is 0 Å². The highest BCUT2D eigenvalue weighted by atomic mass is 16.7. The molecule has 0 aliphatic heterocycles.